The fourth-order valence-electron chi connectivity index (χ4n) is 4.65. The van der Waals surface area contributed by atoms with Crippen molar-refractivity contribution in [3.8, 4) is 0 Å². The molecule has 7 heteroatoms. The number of piperidine rings is 1. The lowest BCUT2D eigenvalue weighted by Gasteiger charge is -2.45. The van der Waals surface area contributed by atoms with Crippen LogP contribution in [0.3, 0.4) is 0 Å². The third-order valence-electron chi connectivity index (χ3n) is 6.06. The SMILES string of the molecule is O=C(O)CN1C(=O)C2CCCCN2c2ccc(C(=O)N3CCCCCC3)cc21. The fraction of sp³-hybridized carbons (Fsp3) is 0.571. The number of nitrogens with zero attached hydrogens (tertiary/aromatic N) is 3. The maximum Gasteiger partial charge on any atom is 0.323 e. The minimum Gasteiger partial charge on any atom is -0.480 e. The Morgan fingerprint density at radius 2 is 1.68 bits per heavy atom. The van der Waals surface area contributed by atoms with Gasteiger partial charge in [0.05, 0.1) is 11.4 Å². The highest BCUT2D eigenvalue weighted by molar-refractivity contribution is 6.09. The molecular formula is C21H27N3O4. The number of hydrogen-bond acceptors (Lipinski definition) is 4. The molecule has 0 spiro atoms. The van der Waals surface area contributed by atoms with E-state index in [9.17, 15) is 19.5 Å². The van der Waals surface area contributed by atoms with Gasteiger partial charge in [-0.15, -0.1) is 0 Å². The van der Waals surface area contributed by atoms with Gasteiger partial charge in [0.25, 0.3) is 5.91 Å². The van der Waals surface area contributed by atoms with Gasteiger partial charge in [0.1, 0.15) is 12.6 Å². The van der Waals surface area contributed by atoms with Crippen molar-refractivity contribution in [2.24, 2.45) is 0 Å². The summed E-state index contributed by atoms with van der Waals surface area (Å²) in [6, 6.07) is 5.13. The summed E-state index contributed by atoms with van der Waals surface area (Å²) in [4.78, 5) is 42.8. The van der Waals surface area contributed by atoms with Gasteiger partial charge in [-0.2, -0.15) is 0 Å². The minimum atomic E-state index is -1.05. The molecular weight excluding hydrogens is 358 g/mol. The molecule has 1 aromatic carbocycles. The van der Waals surface area contributed by atoms with Crippen molar-refractivity contribution < 1.29 is 19.5 Å². The van der Waals surface area contributed by atoms with Crippen LogP contribution in [0.25, 0.3) is 0 Å². The predicted octanol–water partition coefficient (Wildman–Crippen LogP) is 2.49. The average molecular weight is 385 g/mol. The van der Waals surface area contributed by atoms with Crippen molar-refractivity contribution in [1.29, 1.82) is 0 Å². The molecule has 2 fully saturated rings. The Hall–Kier alpha value is -2.57. The monoisotopic (exact) mass is 385 g/mol. The summed E-state index contributed by atoms with van der Waals surface area (Å²) in [5, 5.41) is 9.34. The number of carboxylic acid groups (broad SMARTS) is 1. The molecule has 1 unspecified atom stereocenters. The molecule has 2 amide bonds. The van der Waals surface area contributed by atoms with Gasteiger partial charge in [-0.05, 0) is 50.3 Å². The zero-order valence-electron chi connectivity index (χ0n) is 16.1. The summed E-state index contributed by atoms with van der Waals surface area (Å²) in [5.74, 6) is -1.25. The van der Waals surface area contributed by atoms with Crippen LogP contribution in [0, 0.1) is 0 Å². The van der Waals surface area contributed by atoms with Crippen LogP contribution >= 0.6 is 0 Å². The first-order valence-corrected chi connectivity index (χ1v) is 10.3. The number of hydrogen-bond donors (Lipinski definition) is 1. The van der Waals surface area contributed by atoms with Crippen molar-refractivity contribution in [2.75, 3.05) is 36.0 Å². The van der Waals surface area contributed by atoms with Crippen LogP contribution < -0.4 is 9.80 Å². The second-order valence-electron chi connectivity index (χ2n) is 7.93. The van der Waals surface area contributed by atoms with Crippen LogP contribution in [-0.2, 0) is 9.59 Å². The third kappa shape index (κ3) is 3.45. The molecule has 3 heterocycles. The Balaban J connectivity index is 1.70. The quantitative estimate of drug-likeness (QED) is 0.865. The van der Waals surface area contributed by atoms with Gasteiger partial charge in [-0.1, -0.05) is 12.8 Å². The van der Waals surface area contributed by atoms with E-state index in [1.165, 1.54) is 4.90 Å². The van der Waals surface area contributed by atoms with Gasteiger partial charge < -0.3 is 14.9 Å². The summed E-state index contributed by atoms with van der Waals surface area (Å²) in [6.45, 7) is 1.91. The number of carboxylic acids is 1. The molecule has 3 aliphatic rings. The van der Waals surface area contributed by atoms with Crippen molar-refractivity contribution in [3.63, 3.8) is 0 Å². The van der Waals surface area contributed by atoms with E-state index < -0.39 is 5.97 Å². The number of anilines is 2. The zero-order chi connectivity index (χ0) is 19.7. The minimum absolute atomic E-state index is 0.0341. The highest BCUT2D eigenvalue weighted by Gasteiger charge is 2.40. The highest BCUT2D eigenvalue weighted by atomic mass is 16.4. The number of carbonyl (C=O) groups excluding carboxylic acids is 2. The number of benzene rings is 1. The van der Waals surface area contributed by atoms with Crippen molar-refractivity contribution in [1.82, 2.24) is 4.90 Å². The second kappa shape index (κ2) is 7.81. The smallest absolute Gasteiger partial charge is 0.323 e. The maximum absolute atomic E-state index is 13.0. The molecule has 0 radical (unpaired) electrons. The molecule has 1 aromatic rings. The van der Waals surface area contributed by atoms with E-state index in [0.717, 1.165) is 70.3 Å². The van der Waals surface area contributed by atoms with E-state index in [2.05, 4.69) is 4.90 Å². The van der Waals surface area contributed by atoms with Crippen molar-refractivity contribution in [2.45, 2.75) is 51.0 Å². The molecule has 4 rings (SSSR count). The zero-order valence-corrected chi connectivity index (χ0v) is 16.1. The standard InChI is InChI=1S/C21H27N3O4/c25-19(26)14-24-18-13-15(20(27)22-10-4-1-2-5-11-22)8-9-16(18)23-12-6-3-7-17(23)21(24)28/h8-9,13,17H,1-7,10-12,14H2,(H,25,26). The van der Waals surface area contributed by atoms with Crippen LogP contribution in [0.4, 0.5) is 11.4 Å². The largest absolute Gasteiger partial charge is 0.480 e. The number of carbonyl (C=O) groups is 3. The first-order chi connectivity index (χ1) is 13.6. The van der Waals surface area contributed by atoms with E-state index in [1.54, 1.807) is 6.07 Å². The van der Waals surface area contributed by atoms with E-state index in [-0.39, 0.29) is 24.4 Å². The Bertz CT molecular complexity index is 786. The molecule has 28 heavy (non-hydrogen) atoms. The van der Waals surface area contributed by atoms with E-state index in [4.69, 9.17) is 0 Å². The second-order valence-corrected chi connectivity index (χ2v) is 7.93. The van der Waals surface area contributed by atoms with Crippen LogP contribution in [-0.4, -0.2) is 60.0 Å². The van der Waals surface area contributed by atoms with Gasteiger partial charge in [0.15, 0.2) is 0 Å². The Kier molecular flexibility index (Phi) is 5.24. The van der Waals surface area contributed by atoms with Gasteiger partial charge in [0.2, 0.25) is 5.91 Å². The van der Waals surface area contributed by atoms with Gasteiger partial charge in [-0.25, -0.2) is 0 Å². The summed E-state index contributed by atoms with van der Waals surface area (Å²) >= 11 is 0. The molecule has 2 saturated heterocycles. The number of fused-ring (bicyclic) bond motifs is 3. The van der Waals surface area contributed by atoms with Gasteiger partial charge in [0, 0.05) is 25.2 Å². The molecule has 1 atom stereocenters. The van der Waals surface area contributed by atoms with Crippen molar-refractivity contribution in [3.05, 3.63) is 23.8 Å². The van der Waals surface area contributed by atoms with Crippen LogP contribution in [0.2, 0.25) is 0 Å². The van der Waals surface area contributed by atoms with E-state index >= 15 is 0 Å². The van der Waals surface area contributed by atoms with Gasteiger partial charge in [-0.3, -0.25) is 19.3 Å². The first kappa shape index (κ1) is 18.8. The van der Waals surface area contributed by atoms with Crippen LogP contribution in [0.15, 0.2) is 18.2 Å². The molecule has 150 valence electrons. The molecule has 1 N–H and O–H groups in total. The molecule has 0 saturated carbocycles. The maximum atomic E-state index is 13.0. The third-order valence-corrected chi connectivity index (χ3v) is 6.06. The molecule has 0 aliphatic carbocycles. The Morgan fingerprint density at radius 1 is 0.964 bits per heavy atom. The predicted molar refractivity (Wildman–Crippen MR) is 106 cm³/mol. The molecule has 7 nitrogen and oxygen atoms in total. The lowest BCUT2D eigenvalue weighted by molar-refractivity contribution is -0.137. The normalized spacial score (nSPS) is 22.4. The molecule has 0 aromatic heterocycles. The lowest BCUT2D eigenvalue weighted by Crippen LogP contribution is -2.56. The molecule has 0 bridgehead atoms. The van der Waals surface area contributed by atoms with Crippen LogP contribution in [0.5, 0.6) is 0 Å². The summed E-state index contributed by atoms with van der Waals surface area (Å²) in [6.07, 6.45) is 7.02. The number of likely N-dealkylation sites (tertiary alicyclic amines) is 1. The van der Waals surface area contributed by atoms with Crippen molar-refractivity contribution >= 4 is 29.2 Å². The number of amides is 2. The summed E-state index contributed by atoms with van der Waals surface area (Å²) in [5.41, 5.74) is 1.93. The summed E-state index contributed by atoms with van der Waals surface area (Å²) in [7, 11) is 0. The summed E-state index contributed by atoms with van der Waals surface area (Å²) < 4.78 is 0. The lowest BCUT2D eigenvalue weighted by atomic mass is 9.95. The van der Waals surface area contributed by atoms with Crippen LogP contribution in [0.1, 0.15) is 55.3 Å². The Labute approximate surface area is 164 Å². The number of rotatable bonds is 3. The number of aliphatic carboxylic acids is 1. The molecule has 3 aliphatic heterocycles. The topological polar surface area (TPSA) is 81.2 Å². The average Bonchev–Trinajstić information content (AvgIpc) is 2.99. The Morgan fingerprint density at radius 3 is 2.39 bits per heavy atom. The van der Waals surface area contributed by atoms with E-state index in [0.29, 0.717) is 11.3 Å². The van der Waals surface area contributed by atoms with Gasteiger partial charge >= 0.3 is 5.97 Å². The fourth-order valence-corrected chi connectivity index (χ4v) is 4.65. The first-order valence-electron chi connectivity index (χ1n) is 10.3. The van der Waals surface area contributed by atoms with E-state index in [1.807, 2.05) is 17.0 Å². The highest BCUT2D eigenvalue weighted by Crippen LogP contribution is 2.40.